The third-order valence-corrected chi connectivity index (χ3v) is 24.8. The molecule has 108 heavy (non-hydrogen) atoms. The highest BCUT2D eigenvalue weighted by Crippen LogP contribution is 2.61. The molecule has 0 saturated carbocycles. The molecule has 14 aromatic rings. The highest BCUT2D eigenvalue weighted by molar-refractivity contribution is 5.81. The van der Waals surface area contributed by atoms with Gasteiger partial charge in [-0.3, -0.25) is 0 Å². The van der Waals surface area contributed by atoms with Crippen LogP contribution in [0.25, 0.3) is 89.0 Å². The van der Waals surface area contributed by atoms with Crippen molar-refractivity contribution in [1.82, 2.24) is 0 Å². The molecule has 516 valence electrons. The lowest BCUT2D eigenvalue weighted by molar-refractivity contribution is 0.382. The molecule has 4 nitrogen and oxygen atoms in total. The highest BCUT2D eigenvalue weighted by atomic mass is 16.5. The molecule has 0 unspecified atom stereocenters. The molecule has 0 radical (unpaired) electrons. The van der Waals surface area contributed by atoms with Crippen LogP contribution in [0.15, 0.2) is 340 Å². The van der Waals surface area contributed by atoms with E-state index in [9.17, 15) is 0 Å². The first-order valence-corrected chi connectivity index (χ1v) is 37.9. The van der Waals surface area contributed by atoms with Gasteiger partial charge in [-0.1, -0.05) is 340 Å². The summed E-state index contributed by atoms with van der Waals surface area (Å²) in [5.74, 6) is 2.09. The fourth-order valence-electron chi connectivity index (χ4n) is 19.3. The third-order valence-electron chi connectivity index (χ3n) is 24.8. The largest absolute Gasteiger partial charge is 0.496 e. The topological polar surface area (TPSA) is 36.9 Å². The Morgan fingerprint density at radius 3 is 0.296 bits per heavy atom. The van der Waals surface area contributed by atoms with Gasteiger partial charge in [0.1, 0.15) is 23.0 Å². The van der Waals surface area contributed by atoms with Crippen LogP contribution in [0.3, 0.4) is 0 Å². The zero-order valence-corrected chi connectivity index (χ0v) is 60.6. The number of methoxy groups -OCH3 is 4. The van der Waals surface area contributed by atoms with Crippen LogP contribution in [0.4, 0.5) is 0 Å². The lowest BCUT2D eigenvalue weighted by Gasteiger charge is -2.38. The van der Waals surface area contributed by atoms with E-state index in [-0.39, 0.29) is 47.3 Å². The van der Waals surface area contributed by atoms with Crippen molar-refractivity contribution in [2.75, 3.05) is 28.4 Å². The third kappa shape index (κ3) is 10.2. The predicted octanol–water partition coefficient (Wildman–Crippen LogP) is 25.3. The molecule has 0 spiro atoms. The van der Waals surface area contributed by atoms with Crippen molar-refractivity contribution in [2.45, 2.75) is 47.3 Å². The standard InChI is InChI=1S/C104H76O4/c1-105-101-93-85-53-54-86-78-39-23-70(24-40-78)66-15-7-62(8-16-66)64-11-19-68(20-12-64)72-27-43-80(44-28-72)88-56-55-87(79-41-25-71(26-42-79)67-17-9-63(10-18-67)61-5-13-65(14-6-61)69-21-37-77(85)38-22-69)95-96(88)104(108-4)100-92-60-59-91(99(100)103(95)107-3)83-49-33-75(34-50-83)73-29-45-81(46-30-73)89-57-58-90(98(97(89)101)102(106-2)94(86)93)82-47-31-74(32-48-82)76-35-51-84(92)52-36-76/h5-60,85-92H,1-4H3/t85-,86+,87+,88-,89+,90-,91-,92+. The summed E-state index contributed by atoms with van der Waals surface area (Å²) in [6, 6.07) is 110. The molecule has 0 fully saturated rings. The Kier molecular flexibility index (Phi) is 15.0. The van der Waals surface area contributed by atoms with E-state index in [1.54, 1.807) is 0 Å². The Balaban J connectivity index is 0.851. The Bertz CT molecular complexity index is 5260. The van der Waals surface area contributed by atoms with Crippen molar-refractivity contribution in [3.8, 4) is 112 Å². The summed E-state index contributed by atoms with van der Waals surface area (Å²) in [4.78, 5) is 0. The summed E-state index contributed by atoms with van der Waals surface area (Å²) in [5, 5.41) is 0. The van der Waals surface area contributed by atoms with Crippen molar-refractivity contribution >= 4 is 0 Å². The van der Waals surface area contributed by atoms with Crippen LogP contribution < -0.4 is 18.9 Å². The smallest absolute Gasteiger partial charge is 0.128 e. The molecule has 8 atom stereocenters. The fraction of sp³-hybridized carbons (Fsp3) is 0.115. The monoisotopic (exact) mass is 1390 g/mol. The molecular weight excluding hydrogens is 1310 g/mol. The summed E-state index contributed by atoms with van der Waals surface area (Å²) in [5.41, 5.74) is 36.8. The maximum atomic E-state index is 7.17. The van der Waals surface area contributed by atoms with Crippen molar-refractivity contribution in [2.24, 2.45) is 0 Å². The van der Waals surface area contributed by atoms with E-state index < -0.39 is 0 Å². The first kappa shape index (κ1) is 63.7. The average molecular weight is 1390 g/mol. The van der Waals surface area contributed by atoms with Gasteiger partial charge in [0.05, 0.1) is 28.4 Å². The number of allylic oxidation sites excluding steroid dienone is 8. The van der Waals surface area contributed by atoms with Crippen LogP contribution in [0.2, 0.25) is 0 Å². The van der Waals surface area contributed by atoms with Crippen LogP contribution in [-0.2, 0) is 0 Å². The van der Waals surface area contributed by atoms with Gasteiger partial charge in [0.25, 0.3) is 0 Å². The van der Waals surface area contributed by atoms with E-state index in [0.717, 1.165) is 134 Å². The van der Waals surface area contributed by atoms with Crippen LogP contribution in [-0.4, -0.2) is 28.4 Å². The lowest BCUT2D eigenvalue weighted by Crippen LogP contribution is -2.22. The van der Waals surface area contributed by atoms with Gasteiger partial charge in [-0.2, -0.15) is 0 Å². The van der Waals surface area contributed by atoms with E-state index in [4.69, 9.17) is 18.9 Å². The summed E-state index contributed by atoms with van der Waals surface area (Å²) in [7, 11) is 7.53. The van der Waals surface area contributed by atoms with Gasteiger partial charge in [0.15, 0.2) is 0 Å². The number of hydrogen-bond acceptors (Lipinski definition) is 4. The fourth-order valence-corrected chi connectivity index (χ4v) is 19.3. The zero-order chi connectivity index (χ0) is 71.8. The molecular formula is C104H76O4. The van der Waals surface area contributed by atoms with Crippen LogP contribution in [0.1, 0.15) is 136 Å². The second-order valence-corrected chi connectivity index (χ2v) is 30.1. The van der Waals surface area contributed by atoms with E-state index in [0.29, 0.717) is 0 Å². The minimum atomic E-state index is -0.187. The van der Waals surface area contributed by atoms with E-state index in [1.165, 1.54) is 66.8 Å². The maximum absolute atomic E-state index is 7.17. The molecule has 0 heterocycles. The SMILES string of the molecule is COc1c2c3c(OC)c4c1[C@H]1C=C[C@@H]4c4ccc(cc4)-c4ccc(cc4)-c4ccc(cc4)-c4ccc(cc4)[C@@H]4C=C[C@H](c5ccc(cc5)-c5ccc(cc5)-c5ccc(cc5)-c5ccc1cc5)c1c(OC)c5c(c(OC)c14)[C@@H]1C=C[C@H]5c4ccc(cc4)-c4ccc(cc4)[C@H]2C=C[C@H]3c2ccc(cc2)-c2ccc1cc2. The Morgan fingerprint density at radius 1 is 0.130 bits per heavy atom. The van der Waals surface area contributed by atoms with Crippen molar-refractivity contribution in [1.29, 1.82) is 0 Å². The van der Waals surface area contributed by atoms with Gasteiger partial charge in [-0.15, -0.1) is 0 Å². The molecule has 0 N–H and O–H groups in total. The van der Waals surface area contributed by atoms with Gasteiger partial charge in [0, 0.05) is 91.9 Å². The molecule has 14 aromatic carbocycles. The molecule has 36 aliphatic carbocycles. The first-order valence-electron chi connectivity index (χ1n) is 37.9. The molecule has 36 bridgehead atoms. The second kappa shape index (κ2) is 25.5. The maximum Gasteiger partial charge on any atom is 0.128 e. The van der Waals surface area contributed by atoms with Gasteiger partial charge in [-0.25, -0.2) is 0 Å². The molecule has 0 amide bonds. The molecule has 50 rings (SSSR count). The first-order chi connectivity index (χ1) is 53.3. The highest BCUT2D eigenvalue weighted by Gasteiger charge is 2.44. The average Bonchev–Trinajstić information content (AvgIpc) is 0.713. The molecule has 0 aromatic heterocycles. The van der Waals surface area contributed by atoms with E-state index in [2.05, 4.69) is 340 Å². The van der Waals surface area contributed by atoms with Crippen molar-refractivity contribution < 1.29 is 18.9 Å². The van der Waals surface area contributed by atoms with E-state index in [1.807, 2.05) is 28.4 Å². The molecule has 4 heteroatoms. The number of fused-ring (bicyclic) bond motifs is 4. The number of benzene rings is 14. The number of rotatable bonds is 4. The summed E-state index contributed by atoms with van der Waals surface area (Å²) >= 11 is 0. The second-order valence-electron chi connectivity index (χ2n) is 30.1. The molecule has 36 aliphatic rings. The predicted molar refractivity (Wildman–Crippen MR) is 440 cm³/mol. The van der Waals surface area contributed by atoms with Gasteiger partial charge >= 0.3 is 0 Å². The minimum absolute atomic E-state index is 0.178. The molecule has 0 saturated heterocycles. The number of hydrogen-bond donors (Lipinski definition) is 0. The summed E-state index contributed by atoms with van der Waals surface area (Å²) in [6.07, 6.45) is 19.4. The number of ether oxygens (including phenoxy) is 4. The Hall–Kier alpha value is -12.8. The van der Waals surface area contributed by atoms with Gasteiger partial charge < -0.3 is 18.9 Å². The lowest BCUT2D eigenvalue weighted by atomic mass is 9.68. The Labute approximate surface area is 631 Å². The Morgan fingerprint density at radius 2 is 0.213 bits per heavy atom. The zero-order valence-electron chi connectivity index (χ0n) is 60.6. The minimum Gasteiger partial charge on any atom is -0.496 e. The van der Waals surface area contributed by atoms with Crippen molar-refractivity contribution in [3.05, 3.63) is 429 Å². The van der Waals surface area contributed by atoms with Crippen LogP contribution >= 0.6 is 0 Å². The van der Waals surface area contributed by atoms with Crippen LogP contribution in [0.5, 0.6) is 23.0 Å². The van der Waals surface area contributed by atoms with Gasteiger partial charge in [-0.05, 0) is 134 Å². The normalized spacial score (nSPS) is 19.1. The van der Waals surface area contributed by atoms with Crippen LogP contribution in [0, 0.1) is 0 Å². The van der Waals surface area contributed by atoms with E-state index >= 15 is 0 Å². The summed E-state index contributed by atoms with van der Waals surface area (Å²) in [6.45, 7) is 0. The summed E-state index contributed by atoms with van der Waals surface area (Å²) < 4.78 is 28.7. The quantitative estimate of drug-likeness (QED) is 0.165. The molecule has 0 aliphatic heterocycles. The van der Waals surface area contributed by atoms with Crippen molar-refractivity contribution in [3.63, 3.8) is 0 Å². The van der Waals surface area contributed by atoms with Gasteiger partial charge in [0.2, 0.25) is 0 Å².